The van der Waals surface area contributed by atoms with Crippen molar-refractivity contribution < 1.29 is 33.4 Å². The van der Waals surface area contributed by atoms with Gasteiger partial charge in [0.1, 0.15) is 11.5 Å². The summed E-state index contributed by atoms with van der Waals surface area (Å²) in [5.41, 5.74) is 6.11. The normalized spacial score (nSPS) is 12.2. The lowest BCUT2D eigenvalue weighted by Gasteiger charge is -2.10. The van der Waals surface area contributed by atoms with Gasteiger partial charge >= 0.3 is 0 Å². The highest BCUT2D eigenvalue weighted by Crippen LogP contribution is 2.32. The minimum absolute atomic E-state index is 0.180. The number of ether oxygens (including phenoxy) is 4. The first-order valence-electron chi connectivity index (χ1n) is 8.89. The molecule has 3 rings (SSSR count). The van der Waals surface area contributed by atoms with Crippen LogP contribution in [-0.4, -0.2) is 45.1 Å². The number of amides is 2. The van der Waals surface area contributed by atoms with Gasteiger partial charge in [-0.15, -0.1) is 0 Å². The number of rotatable bonds is 7. The Morgan fingerprint density at radius 2 is 1.67 bits per heavy atom. The number of carbonyl (C=O) groups is 2. The highest BCUT2D eigenvalue weighted by Gasteiger charge is 2.14. The Bertz CT molecular complexity index is 953. The van der Waals surface area contributed by atoms with Crippen molar-refractivity contribution in [1.82, 2.24) is 10.9 Å². The molecule has 0 radical (unpaired) electrons. The molecule has 0 aliphatic carbocycles. The van der Waals surface area contributed by atoms with Crippen LogP contribution in [-0.2, 0) is 9.63 Å². The van der Waals surface area contributed by atoms with Crippen molar-refractivity contribution in [3.63, 3.8) is 0 Å². The van der Waals surface area contributed by atoms with E-state index in [9.17, 15) is 9.59 Å². The first-order chi connectivity index (χ1) is 14.5. The molecule has 0 atom stereocenters. The number of hydrazine groups is 1. The number of carbonyl (C=O) groups excluding carboxylic acids is 2. The zero-order valence-corrected chi connectivity index (χ0v) is 16.7. The highest BCUT2D eigenvalue weighted by atomic mass is 16.7. The standard InChI is InChI=1S/C20H21N3O7/c1-12(13-4-5-17-18(8-13)29-11-28-17)23-30-10-19(24)21-22-20(25)14-6-15(26-2)9-16(7-14)27-3/h4-9H,10-11H2,1-3H3,(H,21,24)(H,22,25)/b23-12-. The Kier molecular flexibility index (Phi) is 6.58. The third kappa shape index (κ3) is 5.10. The van der Waals surface area contributed by atoms with Crippen LogP contribution >= 0.6 is 0 Å². The first-order valence-corrected chi connectivity index (χ1v) is 8.89. The molecule has 30 heavy (non-hydrogen) atoms. The van der Waals surface area contributed by atoms with E-state index in [1.807, 2.05) is 0 Å². The summed E-state index contributed by atoms with van der Waals surface area (Å²) in [7, 11) is 2.95. The Balaban J connectivity index is 1.49. The third-order valence-electron chi connectivity index (χ3n) is 4.12. The van der Waals surface area contributed by atoms with Gasteiger partial charge in [0.2, 0.25) is 6.79 Å². The van der Waals surface area contributed by atoms with Crippen molar-refractivity contribution in [3.05, 3.63) is 47.5 Å². The van der Waals surface area contributed by atoms with Crippen LogP contribution in [0.5, 0.6) is 23.0 Å². The molecule has 10 nitrogen and oxygen atoms in total. The van der Waals surface area contributed by atoms with Gasteiger partial charge in [0.05, 0.1) is 19.9 Å². The van der Waals surface area contributed by atoms with Crippen LogP contribution in [0.15, 0.2) is 41.6 Å². The molecule has 10 heteroatoms. The number of benzene rings is 2. The van der Waals surface area contributed by atoms with Crippen molar-refractivity contribution in [2.45, 2.75) is 6.92 Å². The fraction of sp³-hybridized carbons (Fsp3) is 0.250. The van der Waals surface area contributed by atoms with Gasteiger partial charge < -0.3 is 23.8 Å². The van der Waals surface area contributed by atoms with Crippen molar-refractivity contribution in [2.24, 2.45) is 5.16 Å². The number of hydrogen-bond donors (Lipinski definition) is 2. The number of hydrogen-bond acceptors (Lipinski definition) is 8. The molecule has 2 amide bonds. The highest BCUT2D eigenvalue weighted by molar-refractivity contribution is 5.99. The summed E-state index contributed by atoms with van der Waals surface area (Å²) in [6.07, 6.45) is 0. The molecule has 0 spiro atoms. The van der Waals surface area contributed by atoms with Crippen molar-refractivity contribution >= 4 is 17.5 Å². The van der Waals surface area contributed by atoms with E-state index in [2.05, 4.69) is 16.0 Å². The van der Waals surface area contributed by atoms with Gasteiger partial charge in [-0.3, -0.25) is 20.4 Å². The third-order valence-corrected chi connectivity index (χ3v) is 4.12. The van der Waals surface area contributed by atoms with Crippen LogP contribution < -0.4 is 29.8 Å². The molecule has 2 N–H and O–H groups in total. The molecule has 0 fully saturated rings. The lowest BCUT2D eigenvalue weighted by molar-refractivity contribution is -0.126. The molecule has 0 bridgehead atoms. The summed E-state index contributed by atoms with van der Waals surface area (Å²) in [4.78, 5) is 29.2. The average Bonchev–Trinajstić information content (AvgIpc) is 3.24. The minimum Gasteiger partial charge on any atom is -0.497 e. The van der Waals surface area contributed by atoms with E-state index in [-0.39, 0.29) is 19.0 Å². The lowest BCUT2D eigenvalue weighted by Crippen LogP contribution is -2.43. The Morgan fingerprint density at radius 1 is 0.967 bits per heavy atom. The molecular formula is C20H21N3O7. The maximum Gasteiger partial charge on any atom is 0.279 e. The van der Waals surface area contributed by atoms with Gasteiger partial charge in [0.15, 0.2) is 18.1 Å². The van der Waals surface area contributed by atoms with Crippen LogP contribution in [0.3, 0.4) is 0 Å². The van der Waals surface area contributed by atoms with Gasteiger partial charge in [-0.25, -0.2) is 0 Å². The molecule has 0 unspecified atom stereocenters. The van der Waals surface area contributed by atoms with Gasteiger partial charge in [0, 0.05) is 17.2 Å². The van der Waals surface area contributed by atoms with Gasteiger partial charge in [-0.2, -0.15) is 0 Å². The summed E-state index contributed by atoms with van der Waals surface area (Å²) in [5, 5.41) is 3.90. The molecular weight excluding hydrogens is 394 g/mol. The fourth-order valence-corrected chi connectivity index (χ4v) is 2.54. The first kappa shape index (κ1) is 20.8. The van der Waals surface area contributed by atoms with Crippen LogP contribution in [0.25, 0.3) is 0 Å². The van der Waals surface area contributed by atoms with E-state index >= 15 is 0 Å². The maximum atomic E-state index is 12.2. The van der Waals surface area contributed by atoms with Crippen molar-refractivity contribution in [1.29, 1.82) is 0 Å². The quantitative estimate of drug-likeness (QED) is 0.521. The number of fused-ring (bicyclic) bond motifs is 1. The summed E-state index contributed by atoms with van der Waals surface area (Å²) >= 11 is 0. The lowest BCUT2D eigenvalue weighted by atomic mass is 10.1. The topological polar surface area (TPSA) is 117 Å². The van der Waals surface area contributed by atoms with Gasteiger partial charge in [0.25, 0.3) is 11.8 Å². The second-order valence-corrected chi connectivity index (χ2v) is 6.12. The van der Waals surface area contributed by atoms with E-state index in [0.29, 0.717) is 28.7 Å². The molecule has 0 saturated carbocycles. The average molecular weight is 415 g/mol. The molecule has 158 valence electrons. The van der Waals surface area contributed by atoms with Crippen LogP contribution in [0.4, 0.5) is 0 Å². The Morgan fingerprint density at radius 3 is 2.37 bits per heavy atom. The fourth-order valence-electron chi connectivity index (χ4n) is 2.54. The number of oxime groups is 1. The smallest absolute Gasteiger partial charge is 0.279 e. The summed E-state index contributed by atoms with van der Waals surface area (Å²) in [6, 6.07) is 10.0. The summed E-state index contributed by atoms with van der Waals surface area (Å²) in [5.74, 6) is 1.05. The molecule has 0 aromatic heterocycles. The molecule has 2 aromatic rings. The number of nitrogens with zero attached hydrogens (tertiary/aromatic N) is 1. The molecule has 1 heterocycles. The van der Waals surface area contributed by atoms with E-state index in [4.69, 9.17) is 23.8 Å². The maximum absolute atomic E-state index is 12.2. The van der Waals surface area contributed by atoms with E-state index in [1.165, 1.54) is 26.4 Å². The van der Waals surface area contributed by atoms with Gasteiger partial charge in [-0.05, 0) is 37.3 Å². The number of nitrogens with one attached hydrogen (secondary N) is 2. The Hall–Kier alpha value is -3.95. The van der Waals surface area contributed by atoms with Crippen molar-refractivity contribution in [2.75, 3.05) is 27.6 Å². The minimum atomic E-state index is -0.583. The molecule has 1 aliphatic rings. The predicted molar refractivity (Wildman–Crippen MR) is 106 cm³/mol. The van der Waals surface area contributed by atoms with Crippen molar-refractivity contribution in [3.8, 4) is 23.0 Å². The van der Waals surface area contributed by atoms with E-state index in [0.717, 1.165) is 5.56 Å². The molecule has 0 saturated heterocycles. The zero-order chi connectivity index (χ0) is 21.5. The summed E-state index contributed by atoms with van der Waals surface area (Å²) < 4.78 is 20.8. The van der Waals surface area contributed by atoms with Gasteiger partial charge in [-0.1, -0.05) is 5.16 Å². The second-order valence-electron chi connectivity index (χ2n) is 6.12. The van der Waals surface area contributed by atoms with E-state index < -0.39 is 11.8 Å². The van der Waals surface area contributed by atoms with Crippen LogP contribution in [0.1, 0.15) is 22.8 Å². The Labute approximate surface area is 172 Å². The second kappa shape index (κ2) is 9.50. The summed E-state index contributed by atoms with van der Waals surface area (Å²) in [6.45, 7) is 1.52. The van der Waals surface area contributed by atoms with Crippen LogP contribution in [0.2, 0.25) is 0 Å². The largest absolute Gasteiger partial charge is 0.497 e. The SMILES string of the molecule is COc1cc(OC)cc(C(=O)NNC(=O)CO/N=C(/C)c2ccc3c(c2)OCO3)c1. The zero-order valence-electron chi connectivity index (χ0n) is 16.7. The molecule has 1 aliphatic heterocycles. The predicted octanol–water partition coefficient (Wildman–Crippen LogP) is 1.63. The molecule has 2 aromatic carbocycles. The number of methoxy groups -OCH3 is 2. The van der Waals surface area contributed by atoms with Crippen LogP contribution in [0, 0.1) is 0 Å². The monoisotopic (exact) mass is 415 g/mol. The van der Waals surface area contributed by atoms with E-state index in [1.54, 1.807) is 31.2 Å².